The fraction of sp³-hybridized carbons (Fsp3) is 0.500. The van der Waals surface area contributed by atoms with Crippen molar-refractivity contribution in [3.63, 3.8) is 0 Å². The average Bonchev–Trinajstić information content (AvgIpc) is 2.89. The number of carbonyl (C=O) groups excluding carboxylic acids is 1. The molecule has 1 amide bonds. The highest BCUT2D eigenvalue weighted by atomic mass is 32.2. The third-order valence-electron chi connectivity index (χ3n) is 2.60. The van der Waals surface area contributed by atoms with Crippen LogP contribution in [0.1, 0.15) is 12.0 Å². The molecular formula is C10H12N4OS. The molecule has 1 aliphatic heterocycles. The number of thioether (sulfide) groups is 1. The van der Waals surface area contributed by atoms with E-state index in [1.807, 2.05) is 6.07 Å². The predicted molar refractivity (Wildman–Crippen MR) is 62.0 cm³/mol. The molecule has 0 bridgehead atoms. The molecule has 16 heavy (non-hydrogen) atoms. The largest absolute Gasteiger partial charge is 0.310 e. The highest BCUT2D eigenvalue weighted by Crippen LogP contribution is 2.25. The van der Waals surface area contributed by atoms with Crippen molar-refractivity contribution in [1.29, 1.82) is 5.26 Å². The second-order valence-electron chi connectivity index (χ2n) is 3.69. The SMILES string of the molecule is Cn1ncc(C#N)c1NC(=O)C1CCSC1. The number of anilines is 1. The first-order valence-electron chi connectivity index (χ1n) is 5.03. The van der Waals surface area contributed by atoms with E-state index in [1.54, 1.807) is 18.8 Å². The molecule has 1 aromatic heterocycles. The first-order chi connectivity index (χ1) is 7.72. The van der Waals surface area contributed by atoms with Crippen LogP contribution in [0.2, 0.25) is 0 Å². The van der Waals surface area contributed by atoms with Crippen LogP contribution in [0.15, 0.2) is 6.20 Å². The predicted octanol–water partition coefficient (Wildman–Crippen LogP) is 0.983. The normalized spacial score (nSPS) is 19.4. The fourth-order valence-corrected chi connectivity index (χ4v) is 2.85. The van der Waals surface area contributed by atoms with Crippen molar-refractivity contribution in [2.75, 3.05) is 16.8 Å². The molecule has 6 heteroatoms. The lowest BCUT2D eigenvalue weighted by molar-refractivity contribution is -0.119. The molecule has 1 atom stereocenters. The summed E-state index contributed by atoms with van der Waals surface area (Å²) in [7, 11) is 1.71. The summed E-state index contributed by atoms with van der Waals surface area (Å²) in [5.41, 5.74) is 0.404. The van der Waals surface area contributed by atoms with E-state index in [2.05, 4.69) is 10.4 Å². The molecule has 1 N–H and O–H groups in total. The van der Waals surface area contributed by atoms with E-state index in [4.69, 9.17) is 5.26 Å². The number of amides is 1. The Morgan fingerprint density at radius 3 is 3.25 bits per heavy atom. The van der Waals surface area contributed by atoms with E-state index in [0.717, 1.165) is 17.9 Å². The van der Waals surface area contributed by atoms with Gasteiger partial charge >= 0.3 is 0 Å². The molecule has 0 aliphatic carbocycles. The van der Waals surface area contributed by atoms with Gasteiger partial charge in [0.2, 0.25) is 5.91 Å². The molecule has 0 saturated carbocycles. The molecule has 0 aromatic carbocycles. The third-order valence-corrected chi connectivity index (χ3v) is 3.76. The van der Waals surface area contributed by atoms with Crippen LogP contribution < -0.4 is 5.32 Å². The minimum absolute atomic E-state index is 0.00917. The molecule has 1 unspecified atom stereocenters. The van der Waals surface area contributed by atoms with Gasteiger partial charge in [0, 0.05) is 18.7 Å². The van der Waals surface area contributed by atoms with Gasteiger partial charge in [-0.2, -0.15) is 22.1 Å². The number of carbonyl (C=O) groups is 1. The quantitative estimate of drug-likeness (QED) is 0.831. The Bertz CT molecular complexity index is 442. The van der Waals surface area contributed by atoms with Gasteiger partial charge in [-0.15, -0.1) is 0 Å². The molecule has 84 valence electrons. The van der Waals surface area contributed by atoms with E-state index >= 15 is 0 Å². The lowest BCUT2D eigenvalue weighted by Crippen LogP contribution is -2.24. The number of nitriles is 1. The number of nitrogens with one attached hydrogen (secondary N) is 1. The van der Waals surface area contributed by atoms with E-state index in [0.29, 0.717) is 11.4 Å². The monoisotopic (exact) mass is 236 g/mol. The molecule has 0 radical (unpaired) electrons. The van der Waals surface area contributed by atoms with E-state index < -0.39 is 0 Å². The summed E-state index contributed by atoms with van der Waals surface area (Å²) in [6.07, 6.45) is 2.37. The average molecular weight is 236 g/mol. The molecule has 1 aliphatic rings. The maximum Gasteiger partial charge on any atom is 0.229 e. The Kier molecular flexibility index (Phi) is 3.15. The number of rotatable bonds is 2. The number of hydrogen-bond acceptors (Lipinski definition) is 4. The van der Waals surface area contributed by atoms with Crippen molar-refractivity contribution in [2.24, 2.45) is 13.0 Å². The second-order valence-corrected chi connectivity index (χ2v) is 4.84. The maximum absolute atomic E-state index is 11.9. The van der Waals surface area contributed by atoms with Gasteiger partial charge in [-0.25, -0.2) is 0 Å². The standard InChI is InChI=1S/C10H12N4OS/c1-14-9(8(4-11)5-12-14)13-10(15)7-2-3-16-6-7/h5,7H,2-3,6H2,1H3,(H,13,15). The summed E-state index contributed by atoms with van der Waals surface area (Å²) >= 11 is 1.79. The van der Waals surface area contributed by atoms with Crippen LogP contribution in [-0.2, 0) is 11.8 Å². The maximum atomic E-state index is 11.9. The third kappa shape index (κ3) is 2.04. The van der Waals surface area contributed by atoms with Crippen LogP contribution >= 0.6 is 11.8 Å². The summed E-state index contributed by atoms with van der Waals surface area (Å²) in [6, 6.07) is 2.01. The summed E-state index contributed by atoms with van der Waals surface area (Å²) in [5.74, 6) is 2.45. The van der Waals surface area contributed by atoms with Crippen molar-refractivity contribution in [2.45, 2.75) is 6.42 Å². The van der Waals surface area contributed by atoms with Crippen molar-refractivity contribution in [3.05, 3.63) is 11.8 Å². The summed E-state index contributed by atoms with van der Waals surface area (Å²) < 4.78 is 1.51. The minimum atomic E-state index is -0.00917. The van der Waals surface area contributed by atoms with Crippen LogP contribution in [0.3, 0.4) is 0 Å². The van der Waals surface area contributed by atoms with Gasteiger partial charge in [-0.05, 0) is 12.2 Å². The molecule has 2 rings (SSSR count). The number of aryl methyl sites for hydroxylation is 1. The van der Waals surface area contributed by atoms with Gasteiger partial charge in [0.15, 0.2) is 0 Å². The molecule has 2 heterocycles. The van der Waals surface area contributed by atoms with E-state index in [1.165, 1.54) is 10.9 Å². The lowest BCUT2D eigenvalue weighted by Gasteiger charge is -2.09. The van der Waals surface area contributed by atoms with Gasteiger partial charge in [0.05, 0.1) is 6.20 Å². The van der Waals surface area contributed by atoms with E-state index in [9.17, 15) is 4.79 Å². The molecule has 1 aromatic rings. The second kappa shape index (κ2) is 4.58. The molecule has 1 fully saturated rings. The van der Waals surface area contributed by atoms with E-state index in [-0.39, 0.29) is 11.8 Å². The van der Waals surface area contributed by atoms with Crippen LogP contribution in [0.5, 0.6) is 0 Å². The topological polar surface area (TPSA) is 70.7 Å². The summed E-state index contributed by atoms with van der Waals surface area (Å²) in [4.78, 5) is 11.9. The Hall–Kier alpha value is -1.48. The smallest absolute Gasteiger partial charge is 0.229 e. The molecule has 0 spiro atoms. The van der Waals surface area contributed by atoms with Gasteiger partial charge < -0.3 is 5.32 Å². The number of nitrogens with zero attached hydrogens (tertiary/aromatic N) is 3. The highest BCUT2D eigenvalue weighted by molar-refractivity contribution is 7.99. The summed E-state index contributed by atoms with van der Waals surface area (Å²) in [5, 5.41) is 15.6. The van der Waals surface area contributed by atoms with Crippen LogP contribution in [-0.4, -0.2) is 27.2 Å². The fourth-order valence-electron chi connectivity index (χ4n) is 1.63. The van der Waals surface area contributed by atoms with Crippen LogP contribution in [0, 0.1) is 17.2 Å². The Balaban J connectivity index is 2.11. The molecule has 1 saturated heterocycles. The van der Waals surface area contributed by atoms with Gasteiger partial charge in [-0.1, -0.05) is 0 Å². The first kappa shape index (κ1) is 11.0. The summed E-state index contributed by atoms with van der Waals surface area (Å²) in [6.45, 7) is 0. The lowest BCUT2D eigenvalue weighted by atomic mass is 10.1. The Morgan fingerprint density at radius 1 is 1.81 bits per heavy atom. The van der Waals surface area contributed by atoms with Crippen molar-refractivity contribution >= 4 is 23.5 Å². The highest BCUT2D eigenvalue weighted by Gasteiger charge is 2.24. The Labute approximate surface area is 97.8 Å². The van der Waals surface area contributed by atoms with Crippen LogP contribution in [0.4, 0.5) is 5.82 Å². The van der Waals surface area contributed by atoms with Gasteiger partial charge in [-0.3, -0.25) is 9.48 Å². The van der Waals surface area contributed by atoms with Gasteiger partial charge in [0.25, 0.3) is 0 Å². The zero-order valence-electron chi connectivity index (χ0n) is 8.93. The van der Waals surface area contributed by atoms with Crippen molar-refractivity contribution < 1.29 is 4.79 Å². The first-order valence-corrected chi connectivity index (χ1v) is 6.18. The van der Waals surface area contributed by atoms with Gasteiger partial charge in [0.1, 0.15) is 17.5 Å². The zero-order valence-corrected chi connectivity index (χ0v) is 9.75. The molecule has 5 nitrogen and oxygen atoms in total. The molecular weight excluding hydrogens is 224 g/mol. The minimum Gasteiger partial charge on any atom is -0.310 e. The van der Waals surface area contributed by atoms with Crippen molar-refractivity contribution in [1.82, 2.24) is 9.78 Å². The van der Waals surface area contributed by atoms with Crippen molar-refractivity contribution in [3.8, 4) is 6.07 Å². The van der Waals surface area contributed by atoms with Crippen LogP contribution in [0.25, 0.3) is 0 Å². The number of hydrogen-bond donors (Lipinski definition) is 1. The zero-order chi connectivity index (χ0) is 11.5. The number of aromatic nitrogens is 2. The Morgan fingerprint density at radius 2 is 2.62 bits per heavy atom.